The molecule has 1 spiro atoms. The quantitative estimate of drug-likeness (QED) is 0.823. The summed E-state index contributed by atoms with van der Waals surface area (Å²) < 4.78 is 15.1. The zero-order valence-corrected chi connectivity index (χ0v) is 18.2. The largest absolute Gasteiger partial charge is 0.371 e. The van der Waals surface area contributed by atoms with E-state index in [2.05, 4.69) is 22.0 Å². The Labute approximate surface area is 179 Å². The molecule has 1 aromatic carbocycles. The number of anilines is 2. The molecule has 4 aliphatic rings. The van der Waals surface area contributed by atoms with Gasteiger partial charge < -0.3 is 15.1 Å². The van der Waals surface area contributed by atoms with Crippen LogP contribution in [0.1, 0.15) is 51.9 Å². The van der Waals surface area contributed by atoms with Crippen LogP contribution in [0.3, 0.4) is 0 Å². The molecule has 164 valence electrons. The van der Waals surface area contributed by atoms with Gasteiger partial charge in [-0.15, -0.1) is 0 Å². The molecule has 5 nitrogen and oxygen atoms in total. The Morgan fingerprint density at radius 2 is 1.80 bits per heavy atom. The van der Waals surface area contributed by atoms with Gasteiger partial charge in [-0.1, -0.05) is 0 Å². The molecule has 1 amide bonds. The van der Waals surface area contributed by atoms with Gasteiger partial charge in [0.25, 0.3) is 0 Å². The van der Waals surface area contributed by atoms with Gasteiger partial charge >= 0.3 is 0 Å². The van der Waals surface area contributed by atoms with Crippen LogP contribution in [0.4, 0.5) is 15.8 Å². The summed E-state index contributed by atoms with van der Waals surface area (Å²) in [4.78, 5) is 19.8. The predicted molar refractivity (Wildman–Crippen MR) is 119 cm³/mol. The van der Waals surface area contributed by atoms with E-state index in [0.29, 0.717) is 24.3 Å². The molecule has 0 bridgehead atoms. The molecule has 4 saturated heterocycles. The van der Waals surface area contributed by atoms with Gasteiger partial charge in [0.05, 0.1) is 11.1 Å². The maximum absolute atomic E-state index is 15.1. The van der Waals surface area contributed by atoms with Gasteiger partial charge in [0.15, 0.2) is 0 Å². The Morgan fingerprint density at radius 1 is 1.03 bits per heavy atom. The Morgan fingerprint density at radius 3 is 2.47 bits per heavy atom. The maximum atomic E-state index is 15.1. The van der Waals surface area contributed by atoms with Crippen LogP contribution in [0, 0.1) is 11.2 Å². The maximum Gasteiger partial charge on any atom is 0.233 e. The van der Waals surface area contributed by atoms with Crippen molar-refractivity contribution in [1.29, 1.82) is 0 Å². The van der Waals surface area contributed by atoms with E-state index in [1.165, 1.54) is 19.4 Å². The minimum Gasteiger partial charge on any atom is -0.371 e. The summed E-state index contributed by atoms with van der Waals surface area (Å²) in [5.74, 6) is -0.140. The first-order valence-corrected chi connectivity index (χ1v) is 11.9. The molecule has 1 aromatic rings. The number of carbonyl (C=O) groups is 1. The molecule has 0 unspecified atom stereocenters. The SMILES string of the molecule is C[C@H]1CCCN1C1CCN(c2ccc(N3CCC4(CCNCC4)C3=O)c(F)c2)CC1. The molecule has 0 saturated carbocycles. The molecule has 0 aromatic heterocycles. The van der Waals surface area contributed by atoms with Crippen molar-refractivity contribution >= 4 is 17.3 Å². The van der Waals surface area contributed by atoms with E-state index in [-0.39, 0.29) is 17.1 Å². The number of likely N-dealkylation sites (tertiary alicyclic amines) is 1. The number of rotatable bonds is 3. The first-order valence-electron chi connectivity index (χ1n) is 11.9. The van der Waals surface area contributed by atoms with E-state index in [0.717, 1.165) is 64.0 Å². The molecule has 0 radical (unpaired) electrons. The molecule has 4 heterocycles. The second kappa shape index (κ2) is 8.12. The normalized spacial score (nSPS) is 28.1. The van der Waals surface area contributed by atoms with Crippen LogP contribution >= 0.6 is 0 Å². The standard InChI is InChI=1S/C24H35FN4O/c1-18-3-2-13-28(18)19-6-14-27(15-7-19)20-4-5-22(21(25)17-20)29-16-10-24(23(29)30)8-11-26-12-9-24/h4-5,17-19,26H,2-3,6-16H2,1H3/t18-/m0/s1. The molecule has 1 atom stereocenters. The Kier molecular flexibility index (Phi) is 5.48. The van der Waals surface area contributed by atoms with Crippen molar-refractivity contribution in [3.63, 3.8) is 0 Å². The average Bonchev–Trinajstić information content (AvgIpc) is 3.33. The zero-order chi connectivity index (χ0) is 20.7. The van der Waals surface area contributed by atoms with Gasteiger partial charge in [0.1, 0.15) is 5.82 Å². The topological polar surface area (TPSA) is 38.8 Å². The smallest absolute Gasteiger partial charge is 0.233 e. The highest BCUT2D eigenvalue weighted by atomic mass is 19.1. The fourth-order valence-corrected chi connectivity index (χ4v) is 6.28. The van der Waals surface area contributed by atoms with Crippen LogP contribution in [0.2, 0.25) is 0 Å². The Bertz CT molecular complexity index is 785. The van der Waals surface area contributed by atoms with Gasteiger partial charge in [-0.25, -0.2) is 4.39 Å². The van der Waals surface area contributed by atoms with E-state index in [9.17, 15) is 4.79 Å². The van der Waals surface area contributed by atoms with Crippen molar-refractivity contribution in [2.75, 3.05) is 49.1 Å². The molecule has 30 heavy (non-hydrogen) atoms. The highest BCUT2D eigenvalue weighted by Gasteiger charge is 2.47. The van der Waals surface area contributed by atoms with Crippen LogP contribution < -0.4 is 15.1 Å². The molecule has 6 heteroatoms. The predicted octanol–water partition coefficient (Wildman–Crippen LogP) is 3.39. The van der Waals surface area contributed by atoms with E-state index >= 15 is 4.39 Å². The number of benzene rings is 1. The molecular weight excluding hydrogens is 379 g/mol. The van der Waals surface area contributed by atoms with Crippen molar-refractivity contribution in [3.8, 4) is 0 Å². The number of hydrogen-bond donors (Lipinski definition) is 1. The van der Waals surface area contributed by atoms with Gasteiger partial charge in [-0.05, 0) is 89.7 Å². The third-order valence-corrected chi connectivity index (χ3v) is 8.20. The number of amides is 1. The lowest BCUT2D eigenvalue weighted by molar-refractivity contribution is -0.126. The summed E-state index contributed by atoms with van der Waals surface area (Å²) in [6.45, 7) is 7.93. The van der Waals surface area contributed by atoms with Crippen LogP contribution in [0.15, 0.2) is 18.2 Å². The van der Waals surface area contributed by atoms with Crippen molar-refractivity contribution < 1.29 is 9.18 Å². The second-order valence-electron chi connectivity index (χ2n) is 9.82. The van der Waals surface area contributed by atoms with E-state index in [4.69, 9.17) is 0 Å². The third kappa shape index (κ3) is 3.52. The lowest BCUT2D eigenvalue weighted by atomic mass is 9.78. The highest BCUT2D eigenvalue weighted by molar-refractivity contribution is 6.00. The van der Waals surface area contributed by atoms with Crippen molar-refractivity contribution in [1.82, 2.24) is 10.2 Å². The average molecular weight is 415 g/mol. The Balaban J connectivity index is 1.25. The van der Waals surface area contributed by atoms with Crippen LogP contribution in [0.5, 0.6) is 0 Å². The Hall–Kier alpha value is -1.66. The van der Waals surface area contributed by atoms with Gasteiger partial charge in [-0.3, -0.25) is 9.69 Å². The number of halogens is 1. The fourth-order valence-electron chi connectivity index (χ4n) is 6.28. The highest BCUT2D eigenvalue weighted by Crippen LogP contribution is 2.42. The van der Waals surface area contributed by atoms with Crippen molar-refractivity contribution in [2.45, 2.75) is 64.0 Å². The van der Waals surface area contributed by atoms with E-state index < -0.39 is 0 Å². The summed E-state index contributed by atoms with van der Waals surface area (Å²) >= 11 is 0. The summed E-state index contributed by atoms with van der Waals surface area (Å²) in [6, 6.07) is 6.87. The molecular formula is C24H35FN4O. The monoisotopic (exact) mass is 414 g/mol. The molecule has 4 fully saturated rings. The molecule has 5 rings (SSSR count). The summed E-state index contributed by atoms with van der Waals surface area (Å²) in [5, 5.41) is 3.34. The van der Waals surface area contributed by atoms with E-state index in [1.807, 2.05) is 12.1 Å². The summed E-state index contributed by atoms with van der Waals surface area (Å²) in [5.41, 5.74) is 1.14. The molecule has 1 N–H and O–H groups in total. The minimum atomic E-state index is -0.273. The number of hydrogen-bond acceptors (Lipinski definition) is 4. The summed E-state index contributed by atoms with van der Waals surface area (Å²) in [6.07, 6.45) is 7.51. The number of piperidine rings is 2. The van der Waals surface area contributed by atoms with Crippen LogP contribution in [-0.2, 0) is 4.79 Å². The van der Waals surface area contributed by atoms with E-state index in [1.54, 1.807) is 11.0 Å². The fraction of sp³-hybridized carbons (Fsp3) is 0.708. The lowest BCUT2D eigenvalue weighted by Crippen LogP contribution is -2.46. The third-order valence-electron chi connectivity index (χ3n) is 8.20. The second-order valence-corrected chi connectivity index (χ2v) is 9.82. The van der Waals surface area contributed by atoms with Gasteiger partial charge in [-0.2, -0.15) is 0 Å². The number of nitrogens with zero attached hydrogens (tertiary/aromatic N) is 3. The lowest BCUT2D eigenvalue weighted by Gasteiger charge is -2.39. The number of nitrogens with one attached hydrogen (secondary N) is 1. The van der Waals surface area contributed by atoms with Crippen LogP contribution in [0.25, 0.3) is 0 Å². The van der Waals surface area contributed by atoms with Gasteiger partial charge in [0, 0.05) is 37.4 Å². The first-order chi connectivity index (χ1) is 14.6. The summed E-state index contributed by atoms with van der Waals surface area (Å²) in [7, 11) is 0. The molecule has 4 aliphatic heterocycles. The first kappa shape index (κ1) is 20.3. The number of carbonyl (C=O) groups excluding carboxylic acids is 1. The van der Waals surface area contributed by atoms with Crippen LogP contribution in [-0.4, -0.2) is 62.2 Å². The van der Waals surface area contributed by atoms with Crippen molar-refractivity contribution in [2.24, 2.45) is 5.41 Å². The zero-order valence-electron chi connectivity index (χ0n) is 18.2. The molecule has 0 aliphatic carbocycles. The van der Waals surface area contributed by atoms with Crippen molar-refractivity contribution in [3.05, 3.63) is 24.0 Å². The minimum absolute atomic E-state index is 0.121. The van der Waals surface area contributed by atoms with Gasteiger partial charge in [0.2, 0.25) is 5.91 Å².